The fraction of sp³-hybridized carbons (Fsp3) is 0.556. The van der Waals surface area contributed by atoms with E-state index in [1.165, 1.54) is 11.1 Å². The van der Waals surface area contributed by atoms with Gasteiger partial charge in [0.25, 0.3) is 5.91 Å². The zero-order valence-electron chi connectivity index (χ0n) is 13.9. The monoisotopic (exact) mass is 319 g/mol. The number of likely N-dealkylation sites (N-methyl/N-ethyl adjacent to an activating group) is 1. The summed E-state index contributed by atoms with van der Waals surface area (Å²) >= 11 is 0. The predicted octanol–water partition coefficient (Wildman–Crippen LogP) is 2.49. The fourth-order valence-electron chi connectivity index (χ4n) is 2.92. The standard InChI is InChI=1S/C18H25NO4/c1-3-22-12-11-18(21)23-13-17(20)19(2)16-10-6-8-14-7-4-5-9-15(14)16/h4-5,7,9,16H,3,6,8,10-13H2,1-2H3. The van der Waals surface area contributed by atoms with E-state index < -0.39 is 5.97 Å². The maximum atomic E-state index is 12.3. The van der Waals surface area contributed by atoms with Crippen LogP contribution in [0.1, 0.15) is 43.4 Å². The summed E-state index contributed by atoms with van der Waals surface area (Å²) in [7, 11) is 1.78. The number of aryl methyl sites for hydroxylation is 1. The number of amides is 1. The van der Waals surface area contributed by atoms with Crippen molar-refractivity contribution in [3.05, 3.63) is 35.4 Å². The molecule has 0 radical (unpaired) electrons. The van der Waals surface area contributed by atoms with E-state index in [1.807, 2.05) is 19.1 Å². The molecule has 1 aromatic rings. The van der Waals surface area contributed by atoms with Crippen molar-refractivity contribution >= 4 is 11.9 Å². The average molecular weight is 319 g/mol. The van der Waals surface area contributed by atoms with Crippen molar-refractivity contribution < 1.29 is 19.1 Å². The first kappa shape index (κ1) is 17.5. The van der Waals surface area contributed by atoms with Crippen LogP contribution in [0.15, 0.2) is 24.3 Å². The van der Waals surface area contributed by atoms with Gasteiger partial charge in [0, 0.05) is 13.7 Å². The quantitative estimate of drug-likeness (QED) is 0.572. The number of carbonyl (C=O) groups is 2. The van der Waals surface area contributed by atoms with Gasteiger partial charge in [-0.3, -0.25) is 9.59 Å². The molecule has 0 bridgehead atoms. The zero-order valence-corrected chi connectivity index (χ0v) is 13.9. The third kappa shape index (κ3) is 4.79. The Labute approximate surface area is 137 Å². The van der Waals surface area contributed by atoms with E-state index in [1.54, 1.807) is 11.9 Å². The van der Waals surface area contributed by atoms with E-state index in [4.69, 9.17) is 9.47 Å². The minimum Gasteiger partial charge on any atom is -0.455 e. The fourth-order valence-corrected chi connectivity index (χ4v) is 2.92. The van der Waals surface area contributed by atoms with Gasteiger partial charge in [-0.15, -0.1) is 0 Å². The van der Waals surface area contributed by atoms with Gasteiger partial charge < -0.3 is 14.4 Å². The Bertz CT molecular complexity index is 544. The first-order valence-corrected chi connectivity index (χ1v) is 8.20. The molecule has 1 aliphatic carbocycles. The van der Waals surface area contributed by atoms with E-state index in [-0.39, 0.29) is 25.0 Å². The number of fused-ring (bicyclic) bond motifs is 1. The third-order valence-electron chi connectivity index (χ3n) is 4.21. The summed E-state index contributed by atoms with van der Waals surface area (Å²) in [6.07, 6.45) is 3.24. The van der Waals surface area contributed by atoms with Gasteiger partial charge in [0.1, 0.15) is 0 Å². The molecule has 0 fully saturated rings. The van der Waals surface area contributed by atoms with E-state index in [0.717, 1.165) is 19.3 Å². The van der Waals surface area contributed by atoms with Gasteiger partial charge in [0.15, 0.2) is 6.61 Å². The Hall–Kier alpha value is -1.88. The van der Waals surface area contributed by atoms with E-state index in [2.05, 4.69) is 12.1 Å². The summed E-state index contributed by atoms with van der Waals surface area (Å²) in [5.41, 5.74) is 2.51. The molecule has 0 aromatic heterocycles. The molecule has 0 saturated carbocycles. The van der Waals surface area contributed by atoms with Gasteiger partial charge in [-0.1, -0.05) is 24.3 Å². The molecule has 23 heavy (non-hydrogen) atoms. The summed E-state index contributed by atoms with van der Waals surface area (Å²) in [6.45, 7) is 2.55. The van der Waals surface area contributed by atoms with Crippen LogP contribution >= 0.6 is 0 Å². The number of hydrogen-bond donors (Lipinski definition) is 0. The van der Waals surface area contributed by atoms with Crippen molar-refractivity contribution in [1.82, 2.24) is 4.90 Å². The predicted molar refractivity (Wildman–Crippen MR) is 87.0 cm³/mol. The number of rotatable bonds is 7. The molecule has 1 aliphatic rings. The highest BCUT2D eigenvalue weighted by atomic mass is 16.5. The first-order chi connectivity index (χ1) is 11.1. The lowest BCUT2D eigenvalue weighted by molar-refractivity contribution is -0.153. The van der Waals surface area contributed by atoms with Crippen molar-refractivity contribution in [2.24, 2.45) is 0 Å². The SMILES string of the molecule is CCOCCC(=O)OCC(=O)N(C)C1CCCc2ccccc21. The smallest absolute Gasteiger partial charge is 0.308 e. The number of benzene rings is 1. The molecule has 0 aliphatic heterocycles. The topological polar surface area (TPSA) is 55.8 Å². The van der Waals surface area contributed by atoms with Crippen LogP contribution in [-0.2, 0) is 25.5 Å². The average Bonchev–Trinajstić information content (AvgIpc) is 2.58. The minimum atomic E-state index is -0.399. The van der Waals surface area contributed by atoms with Gasteiger partial charge in [-0.05, 0) is 37.3 Å². The van der Waals surface area contributed by atoms with Crippen molar-refractivity contribution in [3.63, 3.8) is 0 Å². The highest BCUT2D eigenvalue weighted by Gasteiger charge is 2.26. The molecule has 1 atom stereocenters. The number of hydrogen-bond acceptors (Lipinski definition) is 4. The molecule has 0 N–H and O–H groups in total. The van der Waals surface area contributed by atoms with E-state index in [9.17, 15) is 9.59 Å². The highest BCUT2D eigenvalue weighted by Crippen LogP contribution is 2.33. The summed E-state index contributed by atoms with van der Waals surface area (Å²) < 4.78 is 10.1. The number of nitrogens with zero attached hydrogens (tertiary/aromatic N) is 1. The van der Waals surface area contributed by atoms with Gasteiger partial charge in [-0.25, -0.2) is 0 Å². The lowest BCUT2D eigenvalue weighted by Gasteiger charge is -2.33. The second-order valence-corrected chi connectivity index (χ2v) is 5.72. The van der Waals surface area contributed by atoms with Gasteiger partial charge in [0.05, 0.1) is 19.1 Å². The summed E-state index contributed by atoms with van der Waals surface area (Å²) in [4.78, 5) is 25.6. The first-order valence-electron chi connectivity index (χ1n) is 8.20. The second kappa shape index (κ2) is 8.67. The molecule has 0 spiro atoms. The van der Waals surface area contributed by atoms with Gasteiger partial charge in [-0.2, -0.15) is 0 Å². The molecule has 0 heterocycles. The molecule has 1 unspecified atom stereocenters. The highest BCUT2D eigenvalue weighted by molar-refractivity contribution is 5.81. The Balaban J connectivity index is 1.87. The Morgan fingerprint density at radius 1 is 1.30 bits per heavy atom. The van der Waals surface area contributed by atoms with Gasteiger partial charge >= 0.3 is 5.97 Å². The van der Waals surface area contributed by atoms with Crippen LogP contribution in [0.5, 0.6) is 0 Å². The number of ether oxygens (including phenoxy) is 2. The molecule has 2 rings (SSSR count). The van der Waals surface area contributed by atoms with Crippen molar-refractivity contribution in [2.45, 2.75) is 38.6 Å². The van der Waals surface area contributed by atoms with Crippen LogP contribution in [0.25, 0.3) is 0 Å². The van der Waals surface area contributed by atoms with Crippen LogP contribution in [-0.4, -0.2) is 43.6 Å². The van der Waals surface area contributed by atoms with E-state index in [0.29, 0.717) is 13.2 Å². The molecule has 5 nitrogen and oxygen atoms in total. The van der Waals surface area contributed by atoms with Crippen LogP contribution in [0.3, 0.4) is 0 Å². The molecule has 1 amide bonds. The Kier molecular flexibility index (Phi) is 6.59. The largest absolute Gasteiger partial charge is 0.455 e. The van der Waals surface area contributed by atoms with Crippen LogP contribution in [0, 0.1) is 0 Å². The van der Waals surface area contributed by atoms with Crippen LogP contribution < -0.4 is 0 Å². The van der Waals surface area contributed by atoms with Crippen LogP contribution in [0.2, 0.25) is 0 Å². The summed E-state index contributed by atoms with van der Waals surface area (Å²) in [6, 6.07) is 8.30. The van der Waals surface area contributed by atoms with E-state index >= 15 is 0 Å². The summed E-state index contributed by atoms with van der Waals surface area (Å²) in [5, 5.41) is 0. The summed E-state index contributed by atoms with van der Waals surface area (Å²) in [5.74, 6) is -0.569. The molecule has 5 heteroatoms. The molecule has 1 aromatic carbocycles. The zero-order chi connectivity index (χ0) is 16.7. The van der Waals surface area contributed by atoms with Crippen LogP contribution in [0.4, 0.5) is 0 Å². The van der Waals surface area contributed by atoms with Crippen molar-refractivity contribution in [2.75, 3.05) is 26.9 Å². The normalized spacial score (nSPS) is 16.5. The molecule has 126 valence electrons. The number of carbonyl (C=O) groups excluding carboxylic acids is 2. The maximum absolute atomic E-state index is 12.3. The third-order valence-corrected chi connectivity index (χ3v) is 4.21. The molecular formula is C18H25NO4. The van der Waals surface area contributed by atoms with Crippen molar-refractivity contribution in [1.29, 1.82) is 0 Å². The Morgan fingerprint density at radius 2 is 2.09 bits per heavy atom. The Morgan fingerprint density at radius 3 is 2.87 bits per heavy atom. The second-order valence-electron chi connectivity index (χ2n) is 5.72. The van der Waals surface area contributed by atoms with Crippen molar-refractivity contribution in [3.8, 4) is 0 Å². The number of esters is 1. The molecule has 0 saturated heterocycles. The lowest BCUT2D eigenvalue weighted by atomic mass is 9.87. The lowest BCUT2D eigenvalue weighted by Crippen LogP contribution is -2.36. The van der Waals surface area contributed by atoms with Gasteiger partial charge in [0.2, 0.25) is 0 Å². The molecular weight excluding hydrogens is 294 g/mol. The maximum Gasteiger partial charge on any atom is 0.308 e. The minimum absolute atomic E-state index is 0.0644.